The van der Waals surface area contributed by atoms with Crippen molar-refractivity contribution in [1.29, 1.82) is 0 Å². The normalized spacial score (nSPS) is 17.2. The van der Waals surface area contributed by atoms with E-state index in [2.05, 4.69) is 10.3 Å². The molecule has 1 aliphatic rings. The van der Waals surface area contributed by atoms with Gasteiger partial charge in [0.05, 0.1) is 17.5 Å². The van der Waals surface area contributed by atoms with Crippen LogP contribution in [0.1, 0.15) is 50.7 Å². The third-order valence-corrected chi connectivity index (χ3v) is 6.33. The van der Waals surface area contributed by atoms with Gasteiger partial charge in [0, 0.05) is 12.0 Å². The Bertz CT molecular complexity index is 1140. The number of rotatable bonds is 7. The summed E-state index contributed by atoms with van der Waals surface area (Å²) in [6.07, 6.45) is -1.15. The average Bonchev–Trinajstić information content (AvgIpc) is 3.07. The fourth-order valence-electron chi connectivity index (χ4n) is 4.40. The zero-order valence-corrected chi connectivity index (χ0v) is 18.0. The number of nitrogens with one attached hydrogen (secondary N) is 1. The van der Waals surface area contributed by atoms with Crippen molar-refractivity contribution in [1.82, 2.24) is 9.55 Å². The number of nitrogens with zero attached hydrogens (tertiary/aromatic N) is 2. The zero-order valence-electron chi connectivity index (χ0n) is 18.0. The Kier molecular flexibility index (Phi) is 5.75. The summed E-state index contributed by atoms with van der Waals surface area (Å²) in [6, 6.07) is 11.7. The second-order valence-corrected chi connectivity index (χ2v) is 8.99. The minimum Gasteiger partial charge on any atom is -0.385 e. The monoisotopic (exact) mass is 445 g/mol. The molecule has 0 saturated heterocycles. The molecule has 0 aliphatic heterocycles. The lowest BCUT2D eigenvalue weighted by molar-refractivity contribution is -0.120. The van der Waals surface area contributed by atoms with E-state index >= 15 is 4.39 Å². The Morgan fingerprint density at radius 3 is 2.53 bits per heavy atom. The standard InChI is InChI=1S/C24H26F3N3O2/c1-23(11-6-12-23)30-21-17(10-9-15(20(21)27)13-18(25)26)28-22(30)29-19(31)14-24(2,32)16-7-4-3-5-8-16/h3-5,7-10,18,32H,6,11-14H2,1-2H3,(H,28,29,31). The Labute approximate surface area is 184 Å². The summed E-state index contributed by atoms with van der Waals surface area (Å²) in [5.41, 5.74) is -0.963. The van der Waals surface area contributed by atoms with Gasteiger partial charge in [-0.05, 0) is 50.3 Å². The maximum absolute atomic E-state index is 15.3. The van der Waals surface area contributed by atoms with Gasteiger partial charge in [0.2, 0.25) is 18.3 Å². The van der Waals surface area contributed by atoms with Gasteiger partial charge in [-0.3, -0.25) is 10.1 Å². The quantitative estimate of drug-likeness (QED) is 0.531. The first-order valence-electron chi connectivity index (χ1n) is 10.7. The fraction of sp³-hybridized carbons (Fsp3) is 0.417. The number of alkyl halides is 2. The third-order valence-electron chi connectivity index (χ3n) is 6.33. The van der Waals surface area contributed by atoms with Crippen LogP contribution in [0.3, 0.4) is 0 Å². The maximum Gasteiger partial charge on any atom is 0.242 e. The van der Waals surface area contributed by atoms with Crippen molar-refractivity contribution in [2.75, 3.05) is 5.32 Å². The van der Waals surface area contributed by atoms with Crippen LogP contribution in [0, 0.1) is 5.82 Å². The summed E-state index contributed by atoms with van der Waals surface area (Å²) >= 11 is 0. The van der Waals surface area contributed by atoms with Crippen molar-refractivity contribution in [3.05, 3.63) is 59.4 Å². The van der Waals surface area contributed by atoms with Gasteiger partial charge in [0.25, 0.3) is 0 Å². The highest BCUT2D eigenvalue weighted by atomic mass is 19.3. The summed E-state index contributed by atoms with van der Waals surface area (Å²) in [7, 11) is 0. The number of halogens is 3. The van der Waals surface area contributed by atoms with Crippen LogP contribution in [-0.2, 0) is 22.4 Å². The third kappa shape index (κ3) is 4.11. The van der Waals surface area contributed by atoms with E-state index in [4.69, 9.17) is 0 Å². The van der Waals surface area contributed by atoms with Crippen molar-refractivity contribution >= 4 is 22.9 Å². The molecule has 170 valence electrons. The largest absolute Gasteiger partial charge is 0.385 e. The highest BCUT2D eigenvalue weighted by Gasteiger charge is 2.38. The summed E-state index contributed by atoms with van der Waals surface area (Å²) in [4.78, 5) is 17.3. The molecule has 8 heteroatoms. The lowest BCUT2D eigenvalue weighted by atomic mass is 9.78. The first kappa shape index (κ1) is 22.3. The van der Waals surface area contributed by atoms with Gasteiger partial charge in [0.1, 0.15) is 5.52 Å². The van der Waals surface area contributed by atoms with Crippen LogP contribution in [-0.4, -0.2) is 27.0 Å². The molecule has 5 nitrogen and oxygen atoms in total. The Morgan fingerprint density at radius 1 is 1.25 bits per heavy atom. The van der Waals surface area contributed by atoms with Gasteiger partial charge in [0.15, 0.2) is 5.82 Å². The molecule has 1 aliphatic carbocycles. The van der Waals surface area contributed by atoms with E-state index in [1.54, 1.807) is 35.8 Å². The highest BCUT2D eigenvalue weighted by molar-refractivity contribution is 5.92. The highest BCUT2D eigenvalue weighted by Crippen LogP contribution is 2.44. The molecule has 1 fully saturated rings. The predicted molar refractivity (Wildman–Crippen MR) is 116 cm³/mol. The van der Waals surface area contributed by atoms with E-state index < -0.39 is 35.7 Å². The Hall–Kier alpha value is -2.87. The predicted octanol–water partition coefficient (Wildman–Crippen LogP) is 5.12. The number of hydrogen-bond acceptors (Lipinski definition) is 3. The number of amides is 1. The minimum atomic E-state index is -2.67. The number of anilines is 1. The van der Waals surface area contributed by atoms with Crippen molar-refractivity contribution < 1.29 is 23.1 Å². The molecule has 2 aromatic carbocycles. The number of benzene rings is 2. The van der Waals surface area contributed by atoms with Crippen molar-refractivity contribution in [2.24, 2.45) is 0 Å². The molecular formula is C24H26F3N3O2. The number of hydrogen-bond donors (Lipinski definition) is 2. The van der Waals surface area contributed by atoms with E-state index in [0.717, 1.165) is 19.3 Å². The Balaban J connectivity index is 1.70. The molecule has 0 radical (unpaired) electrons. The lowest BCUT2D eigenvalue weighted by Crippen LogP contribution is -2.39. The van der Waals surface area contributed by atoms with Crippen LogP contribution < -0.4 is 5.32 Å². The number of aromatic nitrogens is 2. The zero-order chi connectivity index (χ0) is 23.1. The first-order valence-corrected chi connectivity index (χ1v) is 10.7. The summed E-state index contributed by atoms with van der Waals surface area (Å²) in [5.74, 6) is -1.06. The molecule has 1 atom stereocenters. The van der Waals surface area contributed by atoms with Crippen molar-refractivity contribution in [3.63, 3.8) is 0 Å². The van der Waals surface area contributed by atoms with Gasteiger partial charge in [-0.1, -0.05) is 36.4 Å². The number of fused-ring (bicyclic) bond motifs is 1. The second kappa shape index (κ2) is 8.24. The van der Waals surface area contributed by atoms with Crippen LogP contribution in [0.4, 0.5) is 19.1 Å². The lowest BCUT2D eigenvalue weighted by Gasteiger charge is -2.41. The molecule has 3 aromatic rings. The summed E-state index contributed by atoms with van der Waals surface area (Å²) in [5, 5.41) is 13.5. The van der Waals surface area contributed by atoms with Crippen LogP contribution in [0.5, 0.6) is 0 Å². The van der Waals surface area contributed by atoms with Crippen LogP contribution in [0.15, 0.2) is 42.5 Å². The maximum atomic E-state index is 15.3. The van der Waals surface area contributed by atoms with Gasteiger partial charge in [-0.25, -0.2) is 18.2 Å². The molecule has 0 bridgehead atoms. The molecule has 2 N–H and O–H groups in total. The van der Waals surface area contributed by atoms with E-state index in [9.17, 15) is 18.7 Å². The van der Waals surface area contributed by atoms with Crippen molar-refractivity contribution in [2.45, 2.75) is 63.5 Å². The summed E-state index contributed by atoms with van der Waals surface area (Å²) < 4.78 is 42.7. The van der Waals surface area contributed by atoms with Gasteiger partial charge >= 0.3 is 0 Å². The Morgan fingerprint density at radius 2 is 1.94 bits per heavy atom. The number of aliphatic hydroxyl groups is 1. The topological polar surface area (TPSA) is 67.2 Å². The number of carbonyl (C=O) groups excluding carboxylic acids is 1. The molecule has 1 heterocycles. The molecule has 1 unspecified atom stereocenters. The smallest absolute Gasteiger partial charge is 0.242 e. The van der Waals surface area contributed by atoms with Crippen LogP contribution in [0.25, 0.3) is 11.0 Å². The van der Waals surface area contributed by atoms with E-state index in [1.165, 1.54) is 12.1 Å². The summed E-state index contributed by atoms with van der Waals surface area (Å²) in [6.45, 7) is 3.49. The molecule has 4 rings (SSSR count). The SMILES string of the molecule is CC(O)(CC(=O)Nc1nc2ccc(CC(F)F)c(F)c2n1C1(C)CCC1)c1ccccc1. The van der Waals surface area contributed by atoms with Gasteiger partial charge < -0.3 is 9.67 Å². The van der Waals surface area contributed by atoms with Crippen LogP contribution >= 0.6 is 0 Å². The fourth-order valence-corrected chi connectivity index (χ4v) is 4.40. The molecule has 1 amide bonds. The average molecular weight is 445 g/mol. The number of carbonyl (C=O) groups is 1. The number of imidazole rings is 1. The molecule has 32 heavy (non-hydrogen) atoms. The molecule has 1 aromatic heterocycles. The van der Waals surface area contributed by atoms with Gasteiger partial charge in [-0.2, -0.15) is 0 Å². The van der Waals surface area contributed by atoms with E-state index in [1.807, 2.05) is 13.0 Å². The minimum absolute atomic E-state index is 0.0820. The van der Waals surface area contributed by atoms with E-state index in [0.29, 0.717) is 11.1 Å². The van der Waals surface area contributed by atoms with Crippen molar-refractivity contribution in [3.8, 4) is 0 Å². The molecule has 1 saturated carbocycles. The van der Waals surface area contributed by atoms with Gasteiger partial charge in [-0.15, -0.1) is 0 Å². The molecule has 0 spiro atoms. The second-order valence-electron chi connectivity index (χ2n) is 8.99. The molecular weight excluding hydrogens is 419 g/mol. The van der Waals surface area contributed by atoms with Crippen LogP contribution in [0.2, 0.25) is 0 Å². The van der Waals surface area contributed by atoms with E-state index in [-0.39, 0.29) is 23.4 Å². The first-order chi connectivity index (χ1) is 15.1.